The van der Waals surface area contributed by atoms with Gasteiger partial charge < -0.3 is 41.9 Å². The Kier molecular flexibility index (Phi) is 50.4. The molecule has 0 aliphatic heterocycles. The monoisotopic (exact) mass is 968 g/mol. The standard InChI is InChI=1S/3C16H35O3P.Cr/c3*1-5-8-10-11-12-15(4)20(17,18)19-14-16(7-3)13-9-6-2;/h3*15-16H,5-14H2,1-4H3,(H,17,18);/q;;;+3/p-3. The molecule has 369 valence electrons. The molecule has 0 heterocycles. The summed E-state index contributed by atoms with van der Waals surface area (Å²) in [6.45, 7) is 25.7. The van der Waals surface area contributed by atoms with Crippen LogP contribution in [-0.2, 0) is 44.6 Å². The molecular formula is C48H102CrO9P3. The van der Waals surface area contributed by atoms with Crippen LogP contribution in [0.5, 0.6) is 0 Å². The molecule has 0 aliphatic rings. The topological polar surface area (TPSA) is 148 Å². The third kappa shape index (κ3) is 39.8. The zero-order valence-corrected chi connectivity index (χ0v) is 46.1. The number of unbranched alkanes of at least 4 members (excludes halogenated alkanes) is 12. The van der Waals surface area contributed by atoms with Gasteiger partial charge in [-0.15, -0.1) is 0 Å². The van der Waals surface area contributed by atoms with Crippen molar-refractivity contribution in [3.05, 3.63) is 0 Å². The fourth-order valence-corrected chi connectivity index (χ4v) is 10.3. The van der Waals surface area contributed by atoms with Crippen molar-refractivity contribution in [3.63, 3.8) is 0 Å². The summed E-state index contributed by atoms with van der Waals surface area (Å²) in [5.41, 5.74) is -1.03. The fraction of sp³-hybridized carbons (Fsp3) is 1.00. The van der Waals surface area contributed by atoms with Crippen molar-refractivity contribution in [2.75, 3.05) is 19.8 Å². The van der Waals surface area contributed by atoms with Gasteiger partial charge >= 0.3 is 17.4 Å². The summed E-state index contributed by atoms with van der Waals surface area (Å²) in [5.74, 6) is 1.14. The Morgan fingerprint density at radius 3 is 0.738 bits per heavy atom. The van der Waals surface area contributed by atoms with Crippen molar-refractivity contribution in [2.24, 2.45) is 17.8 Å². The van der Waals surface area contributed by atoms with Gasteiger partial charge in [0.05, 0.1) is 19.8 Å². The molecule has 13 heteroatoms. The van der Waals surface area contributed by atoms with E-state index in [9.17, 15) is 28.4 Å². The second-order valence-electron chi connectivity index (χ2n) is 17.9. The van der Waals surface area contributed by atoms with Crippen molar-refractivity contribution < 1.29 is 59.3 Å². The molecule has 0 saturated heterocycles. The SMILES string of the molecule is CCCCCCC(C)P(=O)([O-])OCC(CC)CCCC.CCCCCCC(C)P(=O)([O-])OCC(CC)CCCC.CCCCCCC(C)P(=O)([O-])OCC(CC)CCCC.[Cr+3]. The normalized spacial score (nSPS) is 17.4. The molecule has 9 unspecified atom stereocenters. The Balaban J connectivity index is -0.000000396. The van der Waals surface area contributed by atoms with Crippen LogP contribution in [0.15, 0.2) is 0 Å². The summed E-state index contributed by atoms with van der Waals surface area (Å²) in [5, 5.41) is 0. The van der Waals surface area contributed by atoms with Crippen LogP contribution in [-0.4, -0.2) is 36.8 Å². The molecule has 0 N–H and O–H groups in total. The molecule has 61 heavy (non-hydrogen) atoms. The molecule has 9 atom stereocenters. The first kappa shape index (κ1) is 68.6. The summed E-state index contributed by atoms with van der Waals surface area (Å²) in [6.07, 6.45) is 28.7. The maximum atomic E-state index is 12.1. The van der Waals surface area contributed by atoms with Crippen LogP contribution in [0.2, 0.25) is 0 Å². The third-order valence-corrected chi connectivity index (χ3v) is 17.7. The van der Waals surface area contributed by atoms with Crippen molar-refractivity contribution in [3.8, 4) is 0 Å². The van der Waals surface area contributed by atoms with Crippen LogP contribution < -0.4 is 14.7 Å². The molecule has 1 radical (unpaired) electrons. The Morgan fingerprint density at radius 1 is 0.344 bits per heavy atom. The Hall–Kier alpha value is 0.982. The Bertz CT molecular complexity index is 941. The van der Waals surface area contributed by atoms with Crippen molar-refractivity contribution in [1.82, 2.24) is 0 Å². The van der Waals surface area contributed by atoms with Gasteiger partial charge in [0.1, 0.15) is 22.8 Å². The van der Waals surface area contributed by atoms with Crippen LogP contribution in [0, 0.1) is 17.8 Å². The summed E-state index contributed by atoms with van der Waals surface area (Å²) in [4.78, 5) is 36.3. The smallest absolute Gasteiger partial charge is 0.778 e. The van der Waals surface area contributed by atoms with E-state index in [1.807, 2.05) is 0 Å². The van der Waals surface area contributed by atoms with Gasteiger partial charge in [-0.3, -0.25) is 0 Å². The summed E-state index contributed by atoms with van der Waals surface area (Å²) in [7, 11) is -11.0. The van der Waals surface area contributed by atoms with Gasteiger partial charge in [-0.2, -0.15) is 0 Å². The van der Waals surface area contributed by atoms with E-state index in [1.54, 1.807) is 20.8 Å². The Labute approximate surface area is 391 Å². The summed E-state index contributed by atoms with van der Waals surface area (Å²) >= 11 is 0. The molecule has 0 aromatic heterocycles. The first-order valence-corrected chi connectivity index (χ1v) is 30.1. The molecule has 0 amide bonds. The van der Waals surface area contributed by atoms with E-state index in [-0.39, 0.29) is 34.3 Å². The van der Waals surface area contributed by atoms with Crippen LogP contribution in [0.25, 0.3) is 0 Å². The first-order valence-electron chi connectivity index (χ1n) is 25.3. The molecule has 0 spiro atoms. The number of hydrogen-bond acceptors (Lipinski definition) is 9. The van der Waals surface area contributed by atoms with Crippen LogP contribution in [0.3, 0.4) is 0 Å². The van der Waals surface area contributed by atoms with Crippen molar-refractivity contribution in [2.45, 2.75) is 273 Å². The zero-order valence-electron chi connectivity index (χ0n) is 42.1. The van der Waals surface area contributed by atoms with Gasteiger partial charge in [-0.25, -0.2) is 0 Å². The fourth-order valence-electron chi connectivity index (χ4n) is 6.78. The molecule has 0 bridgehead atoms. The van der Waals surface area contributed by atoms with Crippen LogP contribution >= 0.6 is 22.8 Å². The molecule has 0 aromatic rings. The van der Waals surface area contributed by atoms with E-state index in [2.05, 4.69) is 62.3 Å². The number of hydrogen-bond donors (Lipinski definition) is 0. The summed E-state index contributed by atoms with van der Waals surface area (Å²) < 4.78 is 52.2. The minimum absolute atomic E-state index is 0. The molecule has 0 fully saturated rings. The van der Waals surface area contributed by atoms with E-state index in [0.717, 1.165) is 135 Å². The Morgan fingerprint density at radius 2 is 0.557 bits per heavy atom. The van der Waals surface area contributed by atoms with Crippen LogP contribution in [0.4, 0.5) is 0 Å². The van der Waals surface area contributed by atoms with Crippen LogP contribution in [0.1, 0.15) is 256 Å². The average Bonchev–Trinajstić information content (AvgIpc) is 3.23. The summed E-state index contributed by atoms with van der Waals surface area (Å²) in [6, 6.07) is 0. The van der Waals surface area contributed by atoms with Crippen molar-refractivity contribution in [1.29, 1.82) is 0 Å². The van der Waals surface area contributed by atoms with Gasteiger partial charge in [0.15, 0.2) is 0 Å². The molecule has 9 nitrogen and oxygen atoms in total. The van der Waals surface area contributed by atoms with E-state index >= 15 is 0 Å². The molecule has 0 rings (SSSR count). The van der Waals surface area contributed by atoms with E-state index < -0.39 is 22.8 Å². The average molecular weight is 968 g/mol. The zero-order chi connectivity index (χ0) is 46.3. The van der Waals surface area contributed by atoms with Gasteiger partial charge in [-0.1, -0.05) is 218 Å². The second-order valence-corrected chi connectivity index (χ2v) is 24.5. The molecular weight excluding hydrogens is 865 g/mol. The van der Waals surface area contributed by atoms with Gasteiger partial charge in [0.2, 0.25) is 0 Å². The quantitative estimate of drug-likeness (QED) is 0.0433. The molecule has 0 saturated carbocycles. The van der Waals surface area contributed by atoms with Gasteiger partial charge in [0, 0.05) is 17.0 Å². The predicted octanol–water partition coefficient (Wildman–Crippen LogP) is 15.4. The van der Waals surface area contributed by atoms with Crippen molar-refractivity contribution >= 4 is 22.8 Å². The van der Waals surface area contributed by atoms with E-state index in [0.29, 0.717) is 37.6 Å². The maximum absolute atomic E-state index is 12.1. The van der Waals surface area contributed by atoms with Gasteiger partial charge in [0.25, 0.3) is 0 Å². The number of rotatable bonds is 39. The molecule has 0 aliphatic carbocycles. The minimum Gasteiger partial charge on any atom is -0.778 e. The van der Waals surface area contributed by atoms with E-state index in [1.165, 1.54) is 38.5 Å². The minimum atomic E-state index is -3.68. The third-order valence-electron chi connectivity index (χ3n) is 12.1. The predicted molar refractivity (Wildman–Crippen MR) is 255 cm³/mol. The first-order chi connectivity index (χ1) is 28.4. The van der Waals surface area contributed by atoms with E-state index in [4.69, 9.17) is 13.6 Å². The maximum Gasteiger partial charge on any atom is 3.00 e. The molecule has 0 aromatic carbocycles. The largest absolute Gasteiger partial charge is 3.00 e. The second kappa shape index (κ2) is 44.8. The van der Waals surface area contributed by atoms with Gasteiger partial charge in [-0.05, 0) is 56.3 Å².